The van der Waals surface area contributed by atoms with Crippen LogP contribution in [0.25, 0.3) is 0 Å². The number of nitrogens with one attached hydrogen (secondary N) is 1. The zero-order chi connectivity index (χ0) is 16.1. The highest BCUT2D eigenvalue weighted by Gasteiger charge is 2.19. The average molecular weight is 319 g/mol. The van der Waals surface area contributed by atoms with Gasteiger partial charge in [-0.1, -0.05) is 6.92 Å². The van der Waals surface area contributed by atoms with Gasteiger partial charge >= 0.3 is 0 Å². The third kappa shape index (κ3) is 4.17. The summed E-state index contributed by atoms with van der Waals surface area (Å²) in [5.74, 6) is 0.569. The lowest BCUT2D eigenvalue weighted by Gasteiger charge is -2.33. The third-order valence-electron chi connectivity index (χ3n) is 4.52. The van der Waals surface area contributed by atoms with Crippen LogP contribution >= 0.6 is 0 Å². The monoisotopic (exact) mass is 319 g/mol. The van der Waals surface area contributed by atoms with Crippen LogP contribution in [-0.4, -0.2) is 72.8 Å². The van der Waals surface area contributed by atoms with Crippen LogP contribution in [0.5, 0.6) is 0 Å². The Bertz CT molecular complexity index is 508. The van der Waals surface area contributed by atoms with Crippen LogP contribution in [0.4, 0.5) is 5.95 Å². The van der Waals surface area contributed by atoms with Crippen molar-refractivity contribution in [2.45, 2.75) is 25.9 Å². The standard InChI is InChI=1S/C16H25N5O2/c1-2-20-5-7-21(8-6-20)16-18-10-13(11-19-16)15(22)17-12-14-4-3-9-23-14/h10-11,14H,2-9,12H2,1H3,(H,17,22). The van der Waals surface area contributed by atoms with Gasteiger partial charge in [0.05, 0.1) is 11.7 Å². The van der Waals surface area contributed by atoms with Crippen molar-refractivity contribution in [1.29, 1.82) is 0 Å². The van der Waals surface area contributed by atoms with E-state index >= 15 is 0 Å². The molecular formula is C16H25N5O2. The Morgan fingerprint density at radius 3 is 2.65 bits per heavy atom. The number of nitrogens with zero attached hydrogens (tertiary/aromatic N) is 4. The summed E-state index contributed by atoms with van der Waals surface area (Å²) in [5.41, 5.74) is 0.499. The van der Waals surface area contributed by atoms with E-state index in [2.05, 4.69) is 32.0 Å². The van der Waals surface area contributed by atoms with E-state index in [4.69, 9.17) is 4.74 Å². The molecule has 1 amide bonds. The number of hydrogen-bond donors (Lipinski definition) is 1. The zero-order valence-corrected chi connectivity index (χ0v) is 13.7. The zero-order valence-electron chi connectivity index (χ0n) is 13.7. The molecule has 2 aliphatic rings. The molecule has 0 aromatic carbocycles. The van der Waals surface area contributed by atoms with Crippen molar-refractivity contribution in [3.63, 3.8) is 0 Å². The van der Waals surface area contributed by atoms with Gasteiger partial charge in [0.1, 0.15) is 0 Å². The molecule has 0 spiro atoms. The molecule has 3 rings (SSSR count). The van der Waals surface area contributed by atoms with E-state index < -0.39 is 0 Å². The molecule has 2 fully saturated rings. The molecule has 1 aromatic rings. The Balaban J connectivity index is 1.51. The smallest absolute Gasteiger partial charge is 0.254 e. The van der Waals surface area contributed by atoms with E-state index in [0.717, 1.165) is 52.2 Å². The highest BCUT2D eigenvalue weighted by atomic mass is 16.5. The van der Waals surface area contributed by atoms with Crippen molar-refractivity contribution in [2.24, 2.45) is 0 Å². The Hall–Kier alpha value is -1.73. The first kappa shape index (κ1) is 16.1. The summed E-state index contributed by atoms with van der Waals surface area (Å²) in [6.45, 7) is 8.53. The van der Waals surface area contributed by atoms with Gasteiger partial charge in [0.2, 0.25) is 5.95 Å². The summed E-state index contributed by atoms with van der Waals surface area (Å²) in [5, 5.41) is 2.89. The Morgan fingerprint density at radius 1 is 1.30 bits per heavy atom. The molecule has 126 valence electrons. The number of amides is 1. The number of anilines is 1. The summed E-state index contributed by atoms with van der Waals surface area (Å²) in [4.78, 5) is 25.4. The highest BCUT2D eigenvalue weighted by Crippen LogP contribution is 2.12. The fourth-order valence-electron chi connectivity index (χ4n) is 2.98. The average Bonchev–Trinajstić information content (AvgIpc) is 3.13. The maximum Gasteiger partial charge on any atom is 0.254 e. The molecule has 0 saturated carbocycles. The van der Waals surface area contributed by atoms with Crippen LogP contribution < -0.4 is 10.2 Å². The van der Waals surface area contributed by atoms with Gasteiger partial charge in [-0.3, -0.25) is 4.79 Å². The number of aromatic nitrogens is 2. The molecule has 1 atom stereocenters. The van der Waals surface area contributed by atoms with Crippen LogP contribution in [0.3, 0.4) is 0 Å². The van der Waals surface area contributed by atoms with Gasteiger partial charge in [0, 0.05) is 51.7 Å². The maximum absolute atomic E-state index is 12.1. The van der Waals surface area contributed by atoms with Gasteiger partial charge in [-0.25, -0.2) is 9.97 Å². The van der Waals surface area contributed by atoms with Crippen LogP contribution in [0.2, 0.25) is 0 Å². The Kier molecular flexibility index (Phi) is 5.40. The van der Waals surface area contributed by atoms with Crippen molar-refractivity contribution >= 4 is 11.9 Å². The van der Waals surface area contributed by atoms with E-state index in [0.29, 0.717) is 18.1 Å². The number of likely N-dealkylation sites (N-methyl/N-ethyl adjacent to an activating group) is 1. The molecule has 7 nitrogen and oxygen atoms in total. The molecule has 3 heterocycles. The number of rotatable bonds is 5. The van der Waals surface area contributed by atoms with Crippen LogP contribution in [0.15, 0.2) is 12.4 Å². The molecule has 0 aliphatic carbocycles. The van der Waals surface area contributed by atoms with Crippen LogP contribution in [0, 0.1) is 0 Å². The highest BCUT2D eigenvalue weighted by molar-refractivity contribution is 5.93. The summed E-state index contributed by atoms with van der Waals surface area (Å²) in [6, 6.07) is 0. The van der Waals surface area contributed by atoms with E-state index in [1.807, 2.05) is 0 Å². The molecule has 1 N–H and O–H groups in total. The predicted molar refractivity (Wildman–Crippen MR) is 87.7 cm³/mol. The minimum Gasteiger partial charge on any atom is -0.376 e. The van der Waals surface area contributed by atoms with Gasteiger partial charge in [-0.15, -0.1) is 0 Å². The normalized spacial score (nSPS) is 22.3. The molecule has 1 unspecified atom stereocenters. The van der Waals surface area contributed by atoms with Crippen molar-refractivity contribution in [1.82, 2.24) is 20.2 Å². The van der Waals surface area contributed by atoms with Gasteiger partial charge in [0.25, 0.3) is 5.91 Å². The largest absolute Gasteiger partial charge is 0.376 e. The van der Waals surface area contributed by atoms with E-state index in [9.17, 15) is 4.79 Å². The van der Waals surface area contributed by atoms with Crippen molar-refractivity contribution in [2.75, 3.05) is 50.8 Å². The second-order valence-corrected chi connectivity index (χ2v) is 6.04. The topological polar surface area (TPSA) is 70.6 Å². The first-order valence-electron chi connectivity index (χ1n) is 8.45. The lowest BCUT2D eigenvalue weighted by molar-refractivity contribution is 0.0857. The van der Waals surface area contributed by atoms with Crippen molar-refractivity contribution < 1.29 is 9.53 Å². The lowest BCUT2D eigenvalue weighted by Crippen LogP contribution is -2.46. The number of carbonyl (C=O) groups excluding carboxylic acids is 1. The molecular weight excluding hydrogens is 294 g/mol. The first-order chi connectivity index (χ1) is 11.3. The molecule has 23 heavy (non-hydrogen) atoms. The summed E-state index contributed by atoms with van der Waals surface area (Å²) in [6.07, 6.45) is 5.45. The van der Waals surface area contributed by atoms with Crippen molar-refractivity contribution in [3.8, 4) is 0 Å². The van der Waals surface area contributed by atoms with Gasteiger partial charge in [-0.05, 0) is 19.4 Å². The van der Waals surface area contributed by atoms with E-state index in [1.54, 1.807) is 12.4 Å². The third-order valence-corrected chi connectivity index (χ3v) is 4.52. The molecule has 2 aliphatic heterocycles. The number of ether oxygens (including phenoxy) is 1. The second-order valence-electron chi connectivity index (χ2n) is 6.04. The summed E-state index contributed by atoms with van der Waals surface area (Å²) < 4.78 is 5.50. The lowest BCUT2D eigenvalue weighted by atomic mass is 10.2. The molecule has 7 heteroatoms. The van der Waals surface area contributed by atoms with Gasteiger partial charge < -0.3 is 19.9 Å². The number of hydrogen-bond acceptors (Lipinski definition) is 6. The maximum atomic E-state index is 12.1. The molecule has 0 radical (unpaired) electrons. The van der Waals surface area contributed by atoms with E-state index in [-0.39, 0.29) is 12.0 Å². The van der Waals surface area contributed by atoms with E-state index in [1.165, 1.54) is 0 Å². The van der Waals surface area contributed by atoms with Crippen LogP contribution in [-0.2, 0) is 4.74 Å². The fraction of sp³-hybridized carbons (Fsp3) is 0.688. The molecule has 0 bridgehead atoms. The predicted octanol–water partition coefficient (Wildman–Crippen LogP) is 0.527. The Labute approximate surface area is 137 Å². The quantitative estimate of drug-likeness (QED) is 0.853. The minimum absolute atomic E-state index is 0.136. The van der Waals surface area contributed by atoms with Crippen molar-refractivity contribution in [3.05, 3.63) is 18.0 Å². The summed E-state index contributed by atoms with van der Waals surface area (Å²) in [7, 11) is 0. The molecule has 1 aromatic heterocycles. The van der Waals surface area contributed by atoms with Gasteiger partial charge in [0.15, 0.2) is 0 Å². The second kappa shape index (κ2) is 7.70. The fourth-order valence-corrected chi connectivity index (χ4v) is 2.98. The SMILES string of the molecule is CCN1CCN(c2ncc(C(=O)NCC3CCCO3)cn2)CC1. The first-order valence-corrected chi connectivity index (χ1v) is 8.45. The summed E-state index contributed by atoms with van der Waals surface area (Å²) >= 11 is 0. The Morgan fingerprint density at radius 2 is 2.04 bits per heavy atom. The molecule has 2 saturated heterocycles. The number of piperazine rings is 1. The van der Waals surface area contributed by atoms with Gasteiger partial charge in [-0.2, -0.15) is 0 Å². The van der Waals surface area contributed by atoms with Crippen LogP contribution in [0.1, 0.15) is 30.1 Å². The number of carbonyl (C=O) groups is 1. The minimum atomic E-state index is -0.136.